The van der Waals surface area contributed by atoms with E-state index >= 15 is 0 Å². The molecule has 2 aliphatic rings. The monoisotopic (exact) mass is 393 g/mol. The standard InChI is InChI=1S/C18H20ClN3O3S/c19-13-3-5-14(6-4-13)24-9-17-21-22-18(25-17)26-10-16(23)20-15-8-11-1-2-12(15)7-11/h3-6,11-12,15H,1-2,7-10H2,(H,20,23)/t11-,12-,15+/m0/s1. The van der Waals surface area contributed by atoms with Crippen molar-refractivity contribution in [3.05, 3.63) is 35.2 Å². The van der Waals surface area contributed by atoms with E-state index in [1.165, 1.54) is 31.0 Å². The second-order valence-corrected chi connectivity index (χ2v) is 8.20. The summed E-state index contributed by atoms with van der Waals surface area (Å²) in [6.45, 7) is 0.173. The Morgan fingerprint density at radius 1 is 1.27 bits per heavy atom. The lowest BCUT2D eigenvalue weighted by atomic mass is 9.95. The summed E-state index contributed by atoms with van der Waals surface area (Å²) >= 11 is 7.08. The molecule has 0 radical (unpaired) electrons. The fraction of sp³-hybridized carbons (Fsp3) is 0.500. The van der Waals surface area contributed by atoms with Crippen LogP contribution in [-0.4, -0.2) is 27.9 Å². The summed E-state index contributed by atoms with van der Waals surface area (Å²) in [4.78, 5) is 12.1. The van der Waals surface area contributed by atoms with E-state index in [9.17, 15) is 4.79 Å². The zero-order valence-corrected chi connectivity index (χ0v) is 15.8. The third-order valence-electron chi connectivity index (χ3n) is 5.04. The first-order chi connectivity index (χ1) is 12.7. The molecule has 138 valence electrons. The van der Waals surface area contributed by atoms with Gasteiger partial charge in [-0.25, -0.2) is 0 Å². The number of nitrogens with one attached hydrogen (secondary N) is 1. The summed E-state index contributed by atoms with van der Waals surface area (Å²) < 4.78 is 11.1. The summed E-state index contributed by atoms with van der Waals surface area (Å²) in [5, 5.41) is 12.1. The SMILES string of the molecule is O=C(CSc1nnc(COc2ccc(Cl)cc2)o1)N[C@@H]1C[C@H]2CC[C@H]1C2. The number of fused-ring (bicyclic) bond motifs is 2. The predicted octanol–water partition coefficient (Wildman–Crippen LogP) is 3.70. The van der Waals surface area contributed by atoms with E-state index in [0.29, 0.717) is 33.8 Å². The van der Waals surface area contributed by atoms with E-state index in [0.717, 1.165) is 12.3 Å². The van der Waals surface area contributed by atoms with Gasteiger partial charge in [-0.1, -0.05) is 29.8 Å². The van der Waals surface area contributed by atoms with Gasteiger partial charge in [0.15, 0.2) is 6.61 Å². The van der Waals surface area contributed by atoms with Crippen molar-refractivity contribution in [3.8, 4) is 5.75 Å². The van der Waals surface area contributed by atoms with Crippen molar-refractivity contribution in [2.24, 2.45) is 11.8 Å². The first kappa shape index (κ1) is 17.7. The highest BCUT2D eigenvalue weighted by Gasteiger charge is 2.40. The van der Waals surface area contributed by atoms with E-state index in [1.807, 2.05) is 0 Å². The first-order valence-corrected chi connectivity index (χ1v) is 10.1. The summed E-state index contributed by atoms with van der Waals surface area (Å²) in [7, 11) is 0. The van der Waals surface area contributed by atoms with E-state index < -0.39 is 0 Å². The second-order valence-electron chi connectivity index (χ2n) is 6.84. The minimum Gasteiger partial charge on any atom is -0.484 e. The second kappa shape index (κ2) is 7.88. The van der Waals surface area contributed by atoms with Gasteiger partial charge in [-0.3, -0.25) is 4.79 Å². The number of ether oxygens (including phenoxy) is 1. The Labute approximate surface area is 161 Å². The Morgan fingerprint density at radius 2 is 2.12 bits per heavy atom. The Morgan fingerprint density at radius 3 is 2.85 bits per heavy atom. The molecule has 2 aromatic rings. The van der Waals surface area contributed by atoms with Crippen molar-refractivity contribution >= 4 is 29.3 Å². The fourth-order valence-corrected chi connectivity index (χ4v) is 4.55. The van der Waals surface area contributed by atoms with E-state index in [2.05, 4.69) is 15.5 Å². The number of hydrogen-bond acceptors (Lipinski definition) is 6. The topological polar surface area (TPSA) is 77.2 Å². The van der Waals surface area contributed by atoms with E-state index in [-0.39, 0.29) is 18.3 Å². The molecule has 2 aliphatic carbocycles. The smallest absolute Gasteiger partial charge is 0.277 e. The maximum Gasteiger partial charge on any atom is 0.277 e. The van der Waals surface area contributed by atoms with Gasteiger partial charge in [0.25, 0.3) is 11.1 Å². The van der Waals surface area contributed by atoms with Gasteiger partial charge in [0.2, 0.25) is 5.91 Å². The van der Waals surface area contributed by atoms with Crippen LogP contribution in [0.3, 0.4) is 0 Å². The number of carbonyl (C=O) groups excluding carboxylic acids is 1. The molecule has 3 atom stereocenters. The van der Waals surface area contributed by atoms with Gasteiger partial charge in [0.05, 0.1) is 5.75 Å². The third-order valence-corrected chi connectivity index (χ3v) is 6.11. The normalized spacial score (nSPS) is 24.0. The molecular weight excluding hydrogens is 374 g/mol. The summed E-state index contributed by atoms with van der Waals surface area (Å²) in [6.07, 6.45) is 4.99. The largest absolute Gasteiger partial charge is 0.484 e. The lowest BCUT2D eigenvalue weighted by Crippen LogP contribution is -2.39. The first-order valence-electron chi connectivity index (χ1n) is 8.78. The number of rotatable bonds is 7. The molecule has 8 heteroatoms. The number of thioether (sulfide) groups is 1. The van der Waals surface area contributed by atoms with Crippen LogP contribution in [0.1, 0.15) is 31.6 Å². The molecule has 1 aromatic carbocycles. The van der Waals surface area contributed by atoms with Gasteiger partial charge in [0.1, 0.15) is 5.75 Å². The van der Waals surface area contributed by atoms with Crippen LogP contribution < -0.4 is 10.1 Å². The summed E-state index contributed by atoms with van der Waals surface area (Å²) in [5.41, 5.74) is 0. The molecule has 6 nitrogen and oxygen atoms in total. The van der Waals surface area contributed by atoms with Gasteiger partial charge in [-0.05, 0) is 55.4 Å². The Kier molecular flexibility index (Phi) is 5.36. The van der Waals surface area contributed by atoms with Crippen LogP contribution in [-0.2, 0) is 11.4 Å². The quantitative estimate of drug-likeness (QED) is 0.723. The number of amides is 1. The Hall–Kier alpha value is -1.73. The maximum atomic E-state index is 12.1. The molecule has 4 rings (SSSR count). The van der Waals surface area contributed by atoms with E-state index in [4.69, 9.17) is 20.8 Å². The van der Waals surface area contributed by atoms with Crippen LogP contribution in [0.15, 0.2) is 33.9 Å². The number of benzene rings is 1. The van der Waals surface area contributed by atoms with Gasteiger partial charge >= 0.3 is 0 Å². The Bertz CT molecular complexity index is 767. The van der Waals surface area contributed by atoms with Crippen molar-refractivity contribution in [2.45, 2.75) is 43.6 Å². The minimum atomic E-state index is 0.0321. The molecule has 1 N–H and O–H groups in total. The molecule has 0 spiro atoms. The zero-order chi connectivity index (χ0) is 17.9. The number of aromatic nitrogens is 2. The van der Waals surface area contributed by atoms with Crippen molar-refractivity contribution in [2.75, 3.05) is 5.75 Å². The molecule has 26 heavy (non-hydrogen) atoms. The van der Waals surface area contributed by atoms with E-state index in [1.54, 1.807) is 24.3 Å². The number of hydrogen-bond donors (Lipinski definition) is 1. The van der Waals surface area contributed by atoms with Crippen LogP contribution in [0.4, 0.5) is 0 Å². The highest BCUT2D eigenvalue weighted by Crippen LogP contribution is 2.44. The van der Waals surface area contributed by atoms with Gasteiger partial charge < -0.3 is 14.5 Å². The van der Waals surface area contributed by atoms with Gasteiger partial charge in [0, 0.05) is 11.1 Å². The van der Waals surface area contributed by atoms with Crippen molar-refractivity contribution < 1.29 is 13.9 Å². The average Bonchev–Trinajstić information content (AvgIpc) is 3.36. The fourth-order valence-electron chi connectivity index (χ4n) is 3.83. The molecule has 0 aliphatic heterocycles. The molecule has 2 bridgehead atoms. The molecule has 0 saturated heterocycles. The van der Waals surface area contributed by atoms with Crippen LogP contribution in [0, 0.1) is 11.8 Å². The number of nitrogens with zero attached hydrogens (tertiary/aromatic N) is 2. The van der Waals surface area contributed by atoms with Crippen LogP contribution in [0.2, 0.25) is 5.02 Å². The highest BCUT2D eigenvalue weighted by molar-refractivity contribution is 7.99. The lowest BCUT2D eigenvalue weighted by Gasteiger charge is -2.22. The van der Waals surface area contributed by atoms with Crippen LogP contribution in [0.25, 0.3) is 0 Å². The van der Waals surface area contributed by atoms with Crippen molar-refractivity contribution in [1.29, 1.82) is 0 Å². The zero-order valence-electron chi connectivity index (χ0n) is 14.2. The van der Waals surface area contributed by atoms with Gasteiger partial charge in [-0.15, -0.1) is 10.2 Å². The lowest BCUT2D eigenvalue weighted by molar-refractivity contribution is -0.119. The molecule has 2 fully saturated rings. The van der Waals surface area contributed by atoms with Gasteiger partial charge in [-0.2, -0.15) is 0 Å². The molecule has 0 unspecified atom stereocenters. The van der Waals surface area contributed by atoms with Crippen LogP contribution in [0.5, 0.6) is 5.75 Å². The molecular formula is C18H20ClN3O3S. The van der Waals surface area contributed by atoms with Crippen molar-refractivity contribution in [1.82, 2.24) is 15.5 Å². The number of carbonyl (C=O) groups is 1. The maximum absolute atomic E-state index is 12.1. The molecule has 1 aromatic heterocycles. The summed E-state index contributed by atoms with van der Waals surface area (Å²) in [6, 6.07) is 7.40. The predicted molar refractivity (Wildman–Crippen MR) is 98.2 cm³/mol. The minimum absolute atomic E-state index is 0.0321. The molecule has 1 heterocycles. The Balaban J connectivity index is 1.20. The average molecular weight is 394 g/mol. The molecule has 1 amide bonds. The van der Waals surface area contributed by atoms with Crippen LogP contribution >= 0.6 is 23.4 Å². The summed E-state index contributed by atoms with van der Waals surface area (Å²) in [5.74, 6) is 2.85. The van der Waals surface area contributed by atoms with Crippen molar-refractivity contribution in [3.63, 3.8) is 0 Å². The third kappa shape index (κ3) is 4.32. The highest BCUT2D eigenvalue weighted by atomic mass is 35.5. The molecule has 2 saturated carbocycles. The number of halogens is 1.